The average molecular weight is 299 g/mol. The molecule has 20 heavy (non-hydrogen) atoms. The summed E-state index contributed by atoms with van der Waals surface area (Å²) >= 11 is 0. The van der Waals surface area contributed by atoms with Crippen molar-refractivity contribution in [1.82, 2.24) is 24.6 Å². The molecule has 0 aliphatic heterocycles. The molecule has 2 aromatic rings. The lowest BCUT2D eigenvalue weighted by atomic mass is 10.4. The summed E-state index contributed by atoms with van der Waals surface area (Å²) in [4.78, 5) is 4.13. The van der Waals surface area contributed by atoms with Crippen LogP contribution in [-0.2, 0) is 16.6 Å². The van der Waals surface area contributed by atoms with Crippen LogP contribution in [0.2, 0.25) is 0 Å². The number of rotatable bonds is 5. The molecular formula is C11H17N5O3S. The molecule has 0 radical (unpaired) electrons. The molecule has 0 amide bonds. The third-order valence-corrected chi connectivity index (χ3v) is 4.44. The second kappa shape index (κ2) is 5.33. The number of nitrogens with zero attached hydrogens (tertiary/aromatic N) is 4. The van der Waals surface area contributed by atoms with Crippen LogP contribution >= 0.6 is 0 Å². The second-order valence-corrected chi connectivity index (χ2v) is 6.40. The lowest BCUT2D eigenvalue weighted by molar-refractivity contribution is 0.390. The monoisotopic (exact) mass is 299 g/mol. The van der Waals surface area contributed by atoms with Crippen molar-refractivity contribution in [2.75, 3.05) is 0 Å². The molecule has 2 aromatic heterocycles. The van der Waals surface area contributed by atoms with Gasteiger partial charge in [0.25, 0.3) is 0 Å². The normalized spacial score (nSPS) is 12.2. The van der Waals surface area contributed by atoms with Crippen LogP contribution in [0.15, 0.2) is 15.7 Å². The quantitative estimate of drug-likeness (QED) is 0.881. The molecule has 0 bridgehead atoms. The van der Waals surface area contributed by atoms with E-state index in [0.29, 0.717) is 11.5 Å². The van der Waals surface area contributed by atoms with Gasteiger partial charge in [0.15, 0.2) is 5.76 Å². The third kappa shape index (κ3) is 2.73. The summed E-state index contributed by atoms with van der Waals surface area (Å²) in [6.07, 6.45) is 1.40. The maximum atomic E-state index is 12.2. The number of hydrogen-bond acceptors (Lipinski definition) is 6. The lowest BCUT2D eigenvalue weighted by Crippen LogP contribution is -2.26. The molecule has 0 atom stereocenters. The summed E-state index contributed by atoms with van der Waals surface area (Å²) in [5.74, 6) is 0.815. The van der Waals surface area contributed by atoms with Crippen molar-refractivity contribution in [3.8, 4) is 0 Å². The highest BCUT2D eigenvalue weighted by atomic mass is 32.2. The topological polar surface area (TPSA) is 103 Å². The summed E-state index contributed by atoms with van der Waals surface area (Å²) in [5.41, 5.74) is 0.334. The Hall–Kier alpha value is -1.74. The van der Waals surface area contributed by atoms with E-state index in [2.05, 4.69) is 20.0 Å². The zero-order valence-electron chi connectivity index (χ0n) is 11.8. The van der Waals surface area contributed by atoms with E-state index in [0.717, 1.165) is 0 Å². The fourth-order valence-electron chi connectivity index (χ4n) is 1.92. The van der Waals surface area contributed by atoms with Gasteiger partial charge in [-0.05, 0) is 27.7 Å². The minimum absolute atomic E-state index is 0.0601. The van der Waals surface area contributed by atoms with Crippen LogP contribution in [-0.4, -0.2) is 28.3 Å². The van der Waals surface area contributed by atoms with E-state index >= 15 is 0 Å². The first-order valence-electron chi connectivity index (χ1n) is 6.14. The Balaban J connectivity index is 2.20. The van der Waals surface area contributed by atoms with Crippen LogP contribution < -0.4 is 4.72 Å². The summed E-state index contributed by atoms with van der Waals surface area (Å²) in [6, 6.07) is 0.107. The van der Waals surface area contributed by atoms with Crippen LogP contribution in [0, 0.1) is 13.8 Å². The van der Waals surface area contributed by atoms with Gasteiger partial charge in [0, 0.05) is 6.04 Å². The predicted octanol–water partition coefficient (Wildman–Crippen LogP) is 0.942. The number of hydrogen-bond donors (Lipinski definition) is 1. The minimum atomic E-state index is -3.68. The molecule has 8 nitrogen and oxygen atoms in total. The average Bonchev–Trinajstić information content (AvgIpc) is 2.94. The summed E-state index contributed by atoms with van der Waals surface area (Å²) in [5, 5.41) is 7.70. The van der Waals surface area contributed by atoms with Gasteiger partial charge in [-0.15, -0.1) is 0 Å². The molecule has 0 fully saturated rings. The van der Waals surface area contributed by atoms with Crippen molar-refractivity contribution in [2.45, 2.75) is 45.2 Å². The fourth-order valence-corrected chi connectivity index (χ4v) is 3.23. The summed E-state index contributed by atoms with van der Waals surface area (Å²) in [7, 11) is -3.68. The molecule has 0 saturated heterocycles. The van der Waals surface area contributed by atoms with Gasteiger partial charge in [0.2, 0.25) is 10.0 Å². The van der Waals surface area contributed by atoms with Crippen LogP contribution in [0.4, 0.5) is 0 Å². The van der Waals surface area contributed by atoms with Crippen LogP contribution in [0.5, 0.6) is 0 Å². The van der Waals surface area contributed by atoms with Gasteiger partial charge in [-0.1, -0.05) is 5.16 Å². The van der Waals surface area contributed by atoms with Gasteiger partial charge in [-0.2, -0.15) is 5.10 Å². The van der Waals surface area contributed by atoms with E-state index in [9.17, 15) is 8.42 Å². The van der Waals surface area contributed by atoms with Gasteiger partial charge in [-0.3, -0.25) is 0 Å². The Morgan fingerprint density at radius 2 is 2.10 bits per heavy atom. The molecule has 110 valence electrons. The van der Waals surface area contributed by atoms with Crippen LogP contribution in [0.25, 0.3) is 0 Å². The molecule has 0 aliphatic rings. The fraction of sp³-hybridized carbons (Fsp3) is 0.545. The highest BCUT2D eigenvalue weighted by Gasteiger charge is 2.24. The molecule has 2 heterocycles. The zero-order chi connectivity index (χ0) is 14.9. The molecule has 9 heteroatoms. The zero-order valence-corrected chi connectivity index (χ0v) is 12.6. The first-order valence-corrected chi connectivity index (χ1v) is 7.62. The van der Waals surface area contributed by atoms with Gasteiger partial charge in [0.1, 0.15) is 22.7 Å². The first kappa shape index (κ1) is 14.7. The van der Waals surface area contributed by atoms with E-state index in [1.807, 2.05) is 13.8 Å². The van der Waals surface area contributed by atoms with Gasteiger partial charge in [0.05, 0.1) is 6.54 Å². The van der Waals surface area contributed by atoms with E-state index in [1.165, 1.54) is 6.33 Å². The molecule has 0 unspecified atom stereocenters. The Morgan fingerprint density at radius 3 is 2.65 bits per heavy atom. The summed E-state index contributed by atoms with van der Waals surface area (Å²) in [6.45, 7) is 7.10. The minimum Gasteiger partial charge on any atom is -0.360 e. The SMILES string of the molecule is Cc1noc(C)c1S(=O)(=O)NCc1ncnn1C(C)C. The number of aromatic nitrogens is 4. The summed E-state index contributed by atoms with van der Waals surface area (Å²) < 4.78 is 33.5. The molecule has 0 saturated carbocycles. The van der Waals surface area contributed by atoms with Gasteiger partial charge < -0.3 is 4.52 Å². The Labute approximate surface area is 117 Å². The van der Waals surface area contributed by atoms with Gasteiger partial charge in [-0.25, -0.2) is 22.8 Å². The maximum Gasteiger partial charge on any atom is 0.246 e. The molecule has 1 N–H and O–H groups in total. The number of sulfonamides is 1. The lowest BCUT2D eigenvalue weighted by Gasteiger charge is -2.10. The van der Waals surface area contributed by atoms with Gasteiger partial charge >= 0.3 is 0 Å². The van der Waals surface area contributed by atoms with Crippen LogP contribution in [0.1, 0.15) is 37.2 Å². The van der Waals surface area contributed by atoms with E-state index in [4.69, 9.17) is 4.52 Å². The van der Waals surface area contributed by atoms with Crippen molar-refractivity contribution in [3.05, 3.63) is 23.6 Å². The molecule has 0 aliphatic carbocycles. The number of nitrogens with one attached hydrogen (secondary N) is 1. The van der Waals surface area contributed by atoms with E-state index < -0.39 is 10.0 Å². The van der Waals surface area contributed by atoms with Crippen molar-refractivity contribution >= 4 is 10.0 Å². The van der Waals surface area contributed by atoms with E-state index in [1.54, 1.807) is 18.5 Å². The predicted molar refractivity (Wildman–Crippen MR) is 70.4 cm³/mol. The van der Waals surface area contributed by atoms with Crippen molar-refractivity contribution in [1.29, 1.82) is 0 Å². The van der Waals surface area contributed by atoms with Crippen molar-refractivity contribution < 1.29 is 12.9 Å². The van der Waals surface area contributed by atoms with Crippen molar-refractivity contribution in [2.24, 2.45) is 0 Å². The highest BCUT2D eigenvalue weighted by molar-refractivity contribution is 7.89. The molecule has 2 rings (SSSR count). The molecule has 0 aromatic carbocycles. The Kier molecular flexibility index (Phi) is 3.91. The maximum absolute atomic E-state index is 12.2. The number of aryl methyl sites for hydroxylation is 2. The van der Waals surface area contributed by atoms with E-state index in [-0.39, 0.29) is 23.2 Å². The molecule has 0 spiro atoms. The van der Waals surface area contributed by atoms with Crippen molar-refractivity contribution in [3.63, 3.8) is 0 Å². The molecular weight excluding hydrogens is 282 g/mol. The Bertz CT molecular complexity index is 682. The smallest absolute Gasteiger partial charge is 0.246 e. The third-order valence-electron chi connectivity index (χ3n) is 2.79. The standard InChI is InChI=1S/C11H17N5O3S/c1-7(2)16-10(12-6-13-16)5-14-20(17,18)11-8(3)15-19-9(11)4/h6-7,14H,5H2,1-4H3. The van der Waals surface area contributed by atoms with Crippen LogP contribution in [0.3, 0.4) is 0 Å². The largest absolute Gasteiger partial charge is 0.360 e. The second-order valence-electron chi connectivity index (χ2n) is 4.69. The highest BCUT2D eigenvalue weighted by Crippen LogP contribution is 2.18. The Morgan fingerprint density at radius 1 is 1.40 bits per heavy atom. The first-order chi connectivity index (χ1) is 9.33.